The number of benzene rings is 1. The van der Waals surface area contributed by atoms with Crippen LogP contribution in [0, 0.1) is 11.6 Å². The number of hydrogen-bond acceptors (Lipinski definition) is 2. The molecule has 0 bridgehead atoms. The van der Waals surface area contributed by atoms with Crippen LogP contribution in [0.15, 0.2) is 29.3 Å². The maximum Gasteiger partial charge on any atom is 0.331 e. The Balaban J connectivity index is 2.88. The minimum Gasteiger partial charge on any atom is -0.478 e. The van der Waals surface area contributed by atoms with Crippen molar-refractivity contribution in [3.05, 3.63) is 46.5 Å². The molecule has 6 heteroatoms. The monoisotopic (exact) mass is 283 g/mol. The predicted molar refractivity (Wildman–Crippen MR) is 68.9 cm³/mol. The fraction of sp³-hybridized carbons (Fsp3) is 0.286. The molecule has 4 nitrogen and oxygen atoms in total. The van der Waals surface area contributed by atoms with Gasteiger partial charge in [-0.2, -0.15) is 0 Å². The maximum atomic E-state index is 13.1. The quantitative estimate of drug-likeness (QED) is 0.835. The fourth-order valence-corrected chi connectivity index (χ4v) is 1.50. The number of carbonyl (C=O) groups excluding carboxylic acids is 1. The smallest absolute Gasteiger partial charge is 0.331 e. The third-order valence-corrected chi connectivity index (χ3v) is 3.02. The zero-order valence-corrected chi connectivity index (χ0v) is 11.3. The van der Waals surface area contributed by atoms with Crippen molar-refractivity contribution in [1.82, 2.24) is 5.32 Å². The van der Waals surface area contributed by atoms with Crippen molar-refractivity contribution in [1.29, 1.82) is 0 Å². The summed E-state index contributed by atoms with van der Waals surface area (Å²) in [4.78, 5) is 22.6. The van der Waals surface area contributed by atoms with E-state index in [-0.39, 0.29) is 11.1 Å². The lowest BCUT2D eigenvalue weighted by Crippen LogP contribution is -2.28. The second-order valence-corrected chi connectivity index (χ2v) is 4.42. The van der Waals surface area contributed by atoms with Crippen LogP contribution in [0.25, 0.3) is 0 Å². The number of rotatable bonds is 4. The van der Waals surface area contributed by atoms with Gasteiger partial charge in [-0.1, -0.05) is 6.07 Å². The summed E-state index contributed by atoms with van der Waals surface area (Å²) < 4.78 is 25.9. The summed E-state index contributed by atoms with van der Waals surface area (Å²) in [5, 5.41) is 11.3. The highest BCUT2D eigenvalue weighted by atomic mass is 19.2. The molecule has 108 valence electrons. The van der Waals surface area contributed by atoms with Crippen LogP contribution in [0.1, 0.15) is 32.4 Å². The molecule has 1 atom stereocenters. The number of carbonyl (C=O) groups is 2. The number of nitrogens with one attached hydrogen (secondary N) is 1. The second kappa shape index (κ2) is 6.27. The first kappa shape index (κ1) is 15.8. The van der Waals surface area contributed by atoms with Crippen molar-refractivity contribution in [3.63, 3.8) is 0 Å². The van der Waals surface area contributed by atoms with Crippen molar-refractivity contribution < 1.29 is 23.5 Å². The Morgan fingerprint density at radius 1 is 1.15 bits per heavy atom. The molecule has 0 heterocycles. The van der Waals surface area contributed by atoms with Crippen LogP contribution < -0.4 is 5.32 Å². The number of carboxylic acid groups (broad SMARTS) is 1. The van der Waals surface area contributed by atoms with E-state index < -0.39 is 29.6 Å². The van der Waals surface area contributed by atoms with Crippen LogP contribution in [0.5, 0.6) is 0 Å². The summed E-state index contributed by atoms with van der Waals surface area (Å²) in [6, 6.07) is 2.74. The molecular formula is C14H15F2NO3. The molecule has 0 aliphatic rings. The van der Waals surface area contributed by atoms with E-state index >= 15 is 0 Å². The second-order valence-electron chi connectivity index (χ2n) is 4.42. The number of carboxylic acids is 1. The topological polar surface area (TPSA) is 66.4 Å². The van der Waals surface area contributed by atoms with Gasteiger partial charge in [-0.15, -0.1) is 0 Å². The SMILES string of the molecule is CC(C(=O)O)=C(C)C(=O)NC(C)c1ccc(F)c(F)c1. The van der Waals surface area contributed by atoms with Gasteiger partial charge in [0.05, 0.1) is 6.04 Å². The number of aliphatic carboxylic acids is 1. The first-order valence-electron chi connectivity index (χ1n) is 5.90. The van der Waals surface area contributed by atoms with Gasteiger partial charge < -0.3 is 10.4 Å². The summed E-state index contributed by atoms with van der Waals surface area (Å²) in [6.45, 7) is 4.30. The summed E-state index contributed by atoms with van der Waals surface area (Å²) in [5.74, 6) is -3.72. The fourth-order valence-electron chi connectivity index (χ4n) is 1.50. The van der Waals surface area contributed by atoms with Gasteiger partial charge in [-0.25, -0.2) is 13.6 Å². The van der Waals surface area contributed by atoms with Crippen LogP contribution in [0.3, 0.4) is 0 Å². The van der Waals surface area contributed by atoms with E-state index in [0.29, 0.717) is 5.56 Å². The van der Waals surface area contributed by atoms with Crippen LogP contribution >= 0.6 is 0 Å². The van der Waals surface area contributed by atoms with Gasteiger partial charge in [0, 0.05) is 11.1 Å². The third-order valence-electron chi connectivity index (χ3n) is 3.02. The standard InChI is InChI=1S/C14H15F2NO3/c1-7(8(2)14(19)20)13(18)17-9(3)10-4-5-11(15)12(16)6-10/h4-6,9H,1-3H3,(H,17,18)(H,19,20). The molecule has 1 rings (SSSR count). The Bertz CT molecular complexity index is 582. The molecule has 0 aliphatic carbocycles. The number of amides is 1. The lowest BCUT2D eigenvalue weighted by atomic mass is 10.1. The van der Waals surface area contributed by atoms with Gasteiger partial charge in [0.2, 0.25) is 5.91 Å². The van der Waals surface area contributed by atoms with Crippen molar-refractivity contribution in [3.8, 4) is 0 Å². The molecule has 20 heavy (non-hydrogen) atoms. The van der Waals surface area contributed by atoms with Crippen LogP contribution in [-0.4, -0.2) is 17.0 Å². The molecule has 0 aliphatic heterocycles. The van der Waals surface area contributed by atoms with E-state index in [4.69, 9.17) is 5.11 Å². The summed E-state index contributed by atoms with van der Waals surface area (Å²) in [7, 11) is 0. The molecule has 1 aromatic carbocycles. The van der Waals surface area contributed by atoms with E-state index in [1.807, 2.05) is 0 Å². The van der Waals surface area contributed by atoms with E-state index in [2.05, 4.69) is 5.32 Å². The van der Waals surface area contributed by atoms with E-state index in [1.54, 1.807) is 6.92 Å². The van der Waals surface area contributed by atoms with E-state index in [0.717, 1.165) is 12.1 Å². The molecule has 1 amide bonds. The van der Waals surface area contributed by atoms with Crippen molar-refractivity contribution in [2.75, 3.05) is 0 Å². The molecule has 0 spiro atoms. The Kier molecular flexibility index (Phi) is 4.96. The molecule has 1 aromatic rings. The molecule has 1 unspecified atom stereocenters. The van der Waals surface area contributed by atoms with Gasteiger partial charge in [-0.05, 0) is 38.5 Å². The molecule has 0 saturated heterocycles. The Hall–Kier alpha value is -2.24. The average Bonchev–Trinajstić information content (AvgIpc) is 2.39. The van der Waals surface area contributed by atoms with Gasteiger partial charge in [0.1, 0.15) is 0 Å². The van der Waals surface area contributed by atoms with Gasteiger partial charge in [0.15, 0.2) is 11.6 Å². The van der Waals surface area contributed by atoms with E-state index in [1.165, 1.54) is 19.9 Å². The normalized spacial score (nSPS) is 13.4. The zero-order valence-electron chi connectivity index (χ0n) is 11.3. The molecular weight excluding hydrogens is 268 g/mol. The lowest BCUT2D eigenvalue weighted by Gasteiger charge is -2.15. The highest BCUT2D eigenvalue weighted by molar-refractivity contribution is 6.01. The van der Waals surface area contributed by atoms with E-state index in [9.17, 15) is 18.4 Å². The highest BCUT2D eigenvalue weighted by Gasteiger charge is 2.16. The molecule has 2 N–H and O–H groups in total. The first-order chi connectivity index (χ1) is 9.23. The molecule has 0 radical (unpaired) electrons. The Morgan fingerprint density at radius 2 is 1.75 bits per heavy atom. The van der Waals surface area contributed by atoms with Gasteiger partial charge in [0.25, 0.3) is 0 Å². The Labute approximate surface area is 115 Å². The molecule has 0 aromatic heterocycles. The lowest BCUT2D eigenvalue weighted by molar-refractivity contribution is -0.133. The zero-order chi connectivity index (χ0) is 15.4. The summed E-state index contributed by atoms with van der Waals surface area (Å²) >= 11 is 0. The van der Waals surface area contributed by atoms with Crippen LogP contribution in [-0.2, 0) is 9.59 Å². The predicted octanol–water partition coefficient (Wildman–Crippen LogP) is 2.56. The maximum absolute atomic E-state index is 13.1. The van der Waals surface area contributed by atoms with Crippen molar-refractivity contribution in [2.45, 2.75) is 26.8 Å². The summed E-state index contributed by atoms with van der Waals surface area (Å²) in [5.41, 5.74) is 0.380. The van der Waals surface area contributed by atoms with Crippen LogP contribution in [0.2, 0.25) is 0 Å². The molecule has 0 fully saturated rings. The Morgan fingerprint density at radius 3 is 2.25 bits per heavy atom. The average molecular weight is 283 g/mol. The van der Waals surface area contributed by atoms with Crippen LogP contribution in [0.4, 0.5) is 8.78 Å². The highest BCUT2D eigenvalue weighted by Crippen LogP contribution is 2.16. The molecule has 0 saturated carbocycles. The number of hydrogen-bond donors (Lipinski definition) is 2. The van der Waals surface area contributed by atoms with Gasteiger partial charge >= 0.3 is 5.97 Å². The third kappa shape index (κ3) is 3.63. The minimum atomic E-state index is -1.18. The summed E-state index contributed by atoms with van der Waals surface area (Å²) in [6.07, 6.45) is 0. The van der Waals surface area contributed by atoms with Gasteiger partial charge in [-0.3, -0.25) is 4.79 Å². The largest absolute Gasteiger partial charge is 0.478 e. The van der Waals surface area contributed by atoms with Crippen molar-refractivity contribution >= 4 is 11.9 Å². The number of halogens is 2. The minimum absolute atomic E-state index is 0.0620. The van der Waals surface area contributed by atoms with Crippen molar-refractivity contribution in [2.24, 2.45) is 0 Å². The first-order valence-corrected chi connectivity index (χ1v) is 5.90.